The summed E-state index contributed by atoms with van der Waals surface area (Å²) in [7, 11) is 0. The summed E-state index contributed by atoms with van der Waals surface area (Å²) in [5.74, 6) is -1.22. The third-order valence-corrected chi connectivity index (χ3v) is 5.33. The Morgan fingerprint density at radius 1 is 1.07 bits per heavy atom. The van der Waals surface area contributed by atoms with Crippen LogP contribution in [0.25, 0.3) is 5.69 Å². The number of aromatic nitrogens is 3. The van der Waals surface area contributed by atoms with E-state index in [2.05, 4.69) is 20.4 Å². The van der Waals surface area contributed by atoms with Crippen molar-refractivity contribution in [2.45, 2.75) is 5.16 Å². The summed E-state index contributed by atoms with van der Waals surface area (Å²) < 4.78 is 33.9. The van der Waals surface area contributed by atoms with Crippen LogP contribution in [-0.4, -0.2) is 52.7 Å². The Labute approximate surface area is 176 Å². The van der Waals surface area contributed by atoms with Gasteiger partial charge in [0.05, 0.1) is 24.7 Å². The molecule has 1 saturated heterocycles. The van der Waals surface area contributed by atoms with Crippen LogP contribution in [0.1, 0.15) is 0 Å². The van der Waals surface area contributed by atoms with Crippen LogP contribution in [0.15, 0.2) is 53.7 Å². The molecule has 1 N–H and O–H groups in total. The van der Waals surface area contributed by atoms with E-state index in [1.165, 1.54) is 11.8 Å². The SMILES string of the molecule is O=C(CSc1nnc(N2CCOCC2)n1-c1ccccc1)Nc1cc(F)cc(F)c1. The monoisotopic (exact) mass is 431 g/mol. The Kier molecular flexibility index (Phi) is 6.24. The Morgan fingerprint density at radius 2 is 1.77 bits per heavy atom. The van der Waals surface area contributed by atoms with Crippen molar-refractivity contribution < 1.29 is 18.3 Å². The average molecular weight is 431 g/mol. The third kappa shape index (κ3) is 4.77. The lowest BCUT2D eigenvalue weighted by molar-refractivity contribution is -0.113. The summed E-state index contributed by atoms with van der Waals surface area (Å²) in [6.45, 7) is 2.61. The number of nitrogens with one attached hydrogen (secondary N) is 1. The zero-order chi connectivity index (χ0) is 20.9. The minimum absolute atomic E-state index is 0.00616. The zero-order valence-corrected chi connectivity index (χ0v) is 16.7. The molecule has 0 aliphatic carbocycles. The number of amides is 1. The number of halogens is 2. The fourth-order valence-corrected chi connectivity index (χ4v) is 3.83. The van der Waals surface area contributed by atoms with E-state index >= 15 is 0 Å². The first-order chi connectivity index (χ1) is 14.6. The zero-order valence-electron chi connectivity index (χ0n) is 15.9. The van der Waals surface area contributed by atoms with Gasteiger partial charge in [-0.15, -0.1) is 10.2 Å². The van der Waals surface area contributed by atoms with Crippen LogP contribution in [0, 0.1) is 11.6 Å². The van der Waals surface area contributed by atoms with Crippen molar-refractivity contribution in [1.82, 2.24) is 14.8 Å². The number of rotatable bonds is 6. The van der Waals surface area contributed by atoms with Crippen LogP contribution in [0.5, 0.6) is 0 Å². The standard InChI is InChI=1S/C20H19F2N5O2S/c21-14-10-15(22)12-16(11-14)23-18(28)13-30-20-25-24-19(26-6-8-29-9-7-26)27(20)17-4-2-1-3-5-17/h1-5,10-12H,6-9,13H2,(H,23,28). The number of morpholine rings is 1. The number of carbonyl (C=O) groups is 1. The molecule has 0 radical (unpaired) electrons. The maximum absolute atomic E-state index is 13.3. The molecule has 0 atom stereocenters. The van der Waals surface area contributed by atoms with Gasteiger partial charge in [0.15, 0.2) is 5.16 Å². The van der Waals surface area contributed by atoms with E-state index in [-0.39, 0.29) is 11.4 Å². The van der Waals surface area contributed by atoms with E-state index in [4.69, 9.17) is 4.74 Å². The molecule has 1 aliphatic heterocycles. The Bertz CT molecular complexity index is 1010. The Hall–Kier alpha value is -2.98. The largest absolute Gasteiger partial charge is 0.378 e. The van der Waals surface area contributed by atoms with Crippen molar-refractivity contribution >= 4 is 29.3 Å². The quantitative estimate of drug-likeness (QED) is 0.605. The van der Waals surface area contributed by atoms with Gasteiger partial charge in [-0.25, -0.2) is 8.78 Å². The van der Waals surface area contributed by atoms with Gasteiger partial charge in [0.1, 0.15) is 11.6 Å². The number of nitrogens with zero attached hydrogens (tertiary/aromatic N) is 4. The molecule has 7 nitrogen and oxygen atoms in total. The predicted molar refractivity (Wildman–Crippen MR) is 110 cm³/mol. The average Bonchev–Trinajstić information content (AvgIpc) is 3.17. The van der Waals surface area contributed by atoms with Crippen molar-refractivity contribution in [3.05, 3.63) is 60.2 Å². The van der Waals surface area contributed by atoms with E-state index in [1.807, 2.05) is 34.9 Å². The van der Waals surface area contributed by atoms with Gasteiger partial charge >= 0.3 is 0 Å². The van der Waals surface area contributed by atoms with Crippen LogP contribution in [0.2, 0.25) is 0 Å². The minimum Gasteiger partial charge on any atom is -0.378 e. The molecule has 4 rings (SSSR count). The van der Waals surface area contributed by atoms with Gasteiger partial charge in [-0.2, -0.15) is 0 Å². The molecule has 1 amide bonds. The summed E-state index contributed by atoms with van der Waals surface area (Å²) in [5.41, 5.74) is 0.940. The highest BCUT2D eigenvalue weighted by molar-refractivity contribution is 7.99. The molecule has 1 aromatic heterocycles. The Morgan fingerprint density at radius 3 is 2.47 bits per heavy atom. The summed E-state index contributed by atoms with van der Waals surface area (Å²) in [5, 5.41) is 11.6. The maximum Gasteiger partial charge on any atom is 0.234 e. The predicted octanol–water partition coefficient (Wildman–Crippen LogP) is 3.11. The molecule has 2 aromatic carbocycles. The number of para-hydroxylation sites is 1. The fourth-order valence-electron chi connectivity index (χ4n) is 3.08. The first-order valence-corrected chi connectivity index (χ1v) is 10.3. The van der Waals surface area contributed by atoms with E-state index in [9.17, 15) is 13.6 Å². The molecule has 1 fully saturated rings. The number of hydrogen-bond donors (Lipinski definition) is 1. The highest BCUT2D eigenvalue weighted by Gasteiger charge is 2.22. The van der Waals surface area contributed by atoms with Crippen molar-refractivity contribution in [2.24, 2.45) is 0 Å². The molecule has 3 aromatic rings. The lowest BCUT2D eigenvalue weighted by Gasteiger charge is -2.27. The highest BCUT2D eigenvalue weighted by Crippen LogP contribution is 2.27. The summed E-state index contributed by atoms with van der Waals surface area (Å²) in [6, 6.07) is 12.5. The molecule has 0 unspecified atom stereocenters. The Balaban J connectivity index is 1.52. The molecule has 0 bridgehead atoms. The van der Waals surface area contributed by atoms with Gasteiger partial charge in [-0.05, 0) is 24.3 Å². The molecule has 2 heterocycles. The normalized spacial score (nSPS) is 14.0. The van der Waals surface area contributed by atoms with Crippen LogP contribution >= 0.6 is 11.8 Å². The number of carbonyl (C=O) groups excluding carboxylic acids is 1. The number of anilines is 2. The van der Waals surface area contributed by atoms with E-state index in [0.29, 0.717) is 37.4 Å². The number of hydrogen-bond acceptors (Lipinski definition) is 6. The molecular formula is C20H19F2N5O2S. The van der Waals surface area contributed by atoms with Crippen LogP contribution in [0.4, 0.5) is 20.4 Å². The summed E-state index contributed by atoms with van der Waals surface area (Å²) in [6.07, 6.45) is 0. The molecule has 1 aliphatic rings. The van der Waals surface area contributed by atoms with Gasteiger partial charge in [-0.3, -0.25) is 9.36 Å². The molecule has 0 spiro atoms. The third-order valence-electron chi connectivity index (χ3n) is 4.40. The van der Waals surface area contributed by atoms with Crippen molar-refractivity contribution in [1.29, 1.82) is 0 Å². The number of ether oxygens (including phenoxy) is 1. The van der Waals surface area contributed by atoms with Crippen molar-refractivity contribution in [3.8, 4) is 5.69 Å². The van der Waals surface area contributed by atoms with Gasteiger partial charge in [-0.1, -0.05) is 30.0 Å². The summed E-state index contributed by atoms with van der Waals surface area (Å²) >= 11 is 1.19. The smallest absolute Gasteiger partial charge is 0.234 e. The maximum atomic E-state index is 13.3. The van der Waals surface area contributed by atoms with E-state index < -0.39 is 17.5 Å². The lowest BCUT2D eigenvalue weighted by atomic mass is 10.3. The fraction of sp³-hybridized carbons (Fsp3) is 0.250. The molecule has 30 heavy (non-hydrogen) atoms. The van der Waals surface area contributed by atoms with E-state index in [1.54, 1.807) is 0 Å². The number of benzene rings is 2. The van der Waals surface area contributed by atoms with Gasteiger partial charge in [0.2, 0.25) is 11.9 Å². The van der Waals surface area contributed by atoms with Crippen LogP contribution in [0.3, 0.4) is 0 Å². The first-order valence-electron chi connectivity index (χ1n) is 9.32. The van der Waals surface area contributed by atoms with Gasteiger partial charge in [0, 0.05) is 24.8 Å². The highest BCUT2D eigenvalue weighted by atomic mass is 32.2. The second kappa shape index (κ2) is 9.23. The second-order valence-electron chi connectivity index (χ2n) is 6.55. The van der Waals surface area contributed by atoms with Crippen LogP contribution in [-0.2, 0) is 9.53 Å². The molecule has 10 heteroatoms. The topological polar surface area (TPSA) is 72.3 Å². The van der Waals surface area contributed by atoms with E-state index in [0.717, 1.165) is 23.9 Å². The van der Waals surface area contributed by atoms with Crippen molar-refractivity contribution in [2.75, 3.05) is 42.3 Å². The molecule has 156 valence electrons. The van der Waals surface area contributed by atoms with Gasteiger partial charge < -0.3 is 15.0 Å². The van der Waals surface area contributed by atoms with Crippen molar-refractivity contribution in [3.63, 3.8) is 0 Å². The molecule has 0 saturated carbocycles. The minimum atomic E-state index is -0.753. The summed E-state index contributed by atoms with van der Waals surface area (Å²) in [4.78, 5) is 14.4. The number of thioether (sulfide) groups is 1. The van der Waals surface area contributed by atoms with Gasteiger partial charge in [0.25, 0.3) is 0 Å². The lowest BCUT2D eigenvalue weighted by Crippen LogP contribution is -2.37. The first kappa shape index (κ1) is 20.3. The second-order valence-corrected chi connectivity index (χ2v) is 7.49. The van der Waals surface area contributed by atoms with Crippen LogP contribution < -0.4 is 10.2 Å². The molecular weight excluding hydrogens is 412 g/mol.